The van der Waals surface area contributed by atoms with E-state index >= 15 is 0 Å². The summed E-state index contributed by atoms with van der Waals surface area (Å²) in [5, 5.41) is 0. The summed E-state index contributed by atoms with van der Waals surface area (Å²) >= 11 is 6.40. The van der Waals surface area contributed by atoms with Gasteiger partial charge in [0.15, 0.2) is 9.84 Å². The highest BCUT2D eigenvalue weighted by Gasteiger charge is 2.42. The molecule has 0 spiro atoms. The number of benzene rings is 1. The normalized spacial score (nSPS) is 23.5. The fraction of sp³-hybridized carbons (Fsp3) is 0.222. The Balaban J connectivity index is 1.57. The van der Waals surface area contributed by atoms with Gasteiger partial charge in [-0.1, -0.05) is 36.1 Å². The number of rotatable bonds is 3. The molecule has 2 saturated heterocycles. The van der Waals surface area contributed by atoms with Crippen LogP contribution in [0.3, 0.4) is 0 Å². The summed E-state index contributed by atoms with van der Waals surface area (Å²) in [5.41, 5.74) is 0.596. The van der Waals surface area contributed by atoms with Gasteiger partial charge in [-0.3, -0.25) is 9.69 Å². The van der Waals surface area contributed by atoms with Crippen LogP contribution in [0.2, 0.25) is 0 Å². The fourth-order valence-electron chi connectivity index (χ4n) is 3.13. The predicted octanol–water partition coefficient (Wildman–Crippen LogP) is 3.47. The molecule has 1 aromatic carbocycles. The summed E-state index contributed by atoms with van der Waals surface area (Å²) in [6.45, 7) is 0. The Bertz CT molecular complexity index is 1070. The molecule has 4 rings (SSSR count). The second-order valence-corrected chi connectivity index (χ2v) is 10.2. The molecule has 1 atom stereocenters. The minimum absolute atomic E-state index is 0.0583. The van der Waals surface area contributed by atoms with Crippen molar-refractivity contribution in [3.05, 3.63) is 52.9 Å². The van der Waals surface area contributed by atoms with Crippen molar-refractivity contribution in [2.45, 2.75) is 12.5 Å². The number of nitrogens with zero attached hydrogens (tertiary/aromatic N) is 1. The summed E-state index contributed by atoms with van der Waals surface area (Å²) in [6.07, 6.45) is 1.97. The molecule has 2 aliphatic rings. The van der Waals surface area contributed by atoms with Crippen LogP contribution in [0.25, 0.3) is 17.4 Å². The van der Waals surface area contributed by atoms with Gasteiger partial charge in [0.2, 0.25) is 0 Å². The largest absolute Gasteiger partial charge is 0.457 e. The second kappa shape index (κ2) is 6.88. The Labute approximate surface area is 165 Å². The Morgan fingerprint density at radius 2 is 2.11 bits per heavy atom. The molecule has 0 bridgehead atoms. The lowest BCUT2D eigenvalue weighted by Crippen LogP contribution is -2.39. The SMILES string of the molecule is O=C1C(=Cc2ccc(-c3cccc(F)c3)o2)SC(=S)N1C1CCS(=O)(=O)C1. The van der Waals surface area contributed by atoms with E-state index in [-0.39, 0.29) is 23.2 Å². The molecular formula is C18H14FNO4S3. The highest BCUT2D eigenvalue weighted by atomic mass is 32.2. The van der Waals surface area contributed by atoms with Gasteiger partial charge >= 0.3 is 0 Å². The van der Waals surface area contributed by atoms with Crippen LogP contribution in [-0.2, 0) is 14.6 Å². The van der Waals surface area contributed by atoms with Crippen LogP contribution in [0.5, 0.6) is 0 Å². The molecule has 5 nitrogen and oxygen atoms in total. The molecule has 0 radical (unpaired) electrons. The third-order valence-corrected chi connectivity index (χ3v) is 7.49. The maximum atomic E-state index is 13.4. The van der Waals surface area contributed by atoms with E-state index in [1.165, 1.54) is 17.0 Å². The molecule has 1 aromatic heterocycles. The Hall–Kier alpha value is -1.97. The van der Waals surface area contributed by atoms with Crippen LogP contribution in [0.1, 0.15) is 12.2 Å². The summed E-state index contributed by atoms with van der Waals surface area (Å²) < 4.78 is 42.8. The van der Waals surface area contributed by atoms with E-state index < -0.39 is 15.9 Å². The zero-order chi connectivity index (χ0) is 19.2. The molecule has 27 heavy (non-hydrogen) atoms. The third-order valence-electron chi connectivity index (χ3n) is 4.41. The lowest BCUT2D eigenvalue weighted by atomic mass is 10.2. The number of amides is 1. The number of hydrogen-bond donors (Lipinski definition) is 0. The zero-order valence-electron chi connectivity index (χ0n) is 13.9. The standard InChI is InChI=1S/C18H14FNO4S3/c19-12-3-1-2-11(8-12)15-5-4-14(24-15)9-16-17(21)20(18(25)26-16)13-6-7-27(22,23)10-13/h1-5,8-9,13H,6-7,10H2. The molecule has 0 aliphatic carbocycles. The van der Waals surface area contributed by atoms with Gasteiger partial charge in [-0.05, 0) is 30.7 Å². The highest BCUT2D eigenvalue weighted by molar-refractivity contribution is 8.26. The predicted molar refractivity (Wildman–Crippen MR) is 106 cm³/mol. The van der Waals surface area contributed by atoms with Crippen molar-refractivity contribution in [2.24, 2.45) is 0 Å². The van der Waals surface area contributed by atoms with Gasteiger partial charge in [0.1, 0.15) is 21.7 Å². The van der Waals surface area contributed by atoms with Crippen LogP contribution < -0.4 is 0 Å². The number of thioether (sulfide) groups is 1. The van der Waals surface area contributed by atoms with Crippen molar-refractivity contribution < 1.29 is 22.0 Å². The van der Waals surface area contributed by atoms with Crippen molar-refractivity contribution >= 4 is 50.1 Å². The monoisotopic (exact) mass is 423 g/mol. The Morgan fingerprint density at radius 3 is 2.81 bits per heavy atom. The van der Waals surface area contributed by atoms with Gasteiger partial charge < -0.3 is 4.42 Å². The van der Waals surface area contributed by atoms with E-state index in [9.17, 15) is 17.6 Å². The molecule has 3 heterocycles. The van der Waals surface area contributed by atoms with E-state index in [2.05, 4.69) is 0 Å². The van der Waals surface area contributed by atoms with Crippen LogP contribution in [-0.4, -0.2) is 41.1 Å². The zero-order valence-corrected chi connectivity index (χ0v) is 16.4. The van der Waals surface area contributed by atoms with Crippen LogP contribution in [0.15, 0.2) is 45.7 Å². The first-order chi connectivity index (χ1) is 12.8. The van der Waals surface area contributed by atoms with Crippen LogP contribution >= 0.6 is 24.0 Å². The number of furan rings is 1. The number of halogens is 1. The fourth-order valence-corrected chi connectivity index (χ4v) is 6.21. The van der Waals surface area contributed by atoms with Gasteiger partial charge in [0.05, 0.1) is 22.5 Å². The molecule has 0 N–H and O–H groups in total. The molecule has 2 aliphatic heterocycles. The van der Waals surface area contributed by atoms with Gasteiger partial charge in [-0.15, -0.1) is 0 Å². The number of sulfone groups is 1. The van der Waals surface area contributed by atoms with E-state index in [0.29, 0.717) is 32.7 Å². The van der Waals surface area contributed by atoms with E-state index in [1.807, 2.05) is 0 Å². The van der Waals surface area contributed by atoms with Crippen molar-refractivity contribution in [2.75, 3.05) is 11.5 Å². The minimum Gasteiger partial charge on any atom is -0.457 e. The second-order valence-electron chi connectivity index (χ2n) is 6.32. The smallest absolute Gasteiger partial charge is 0.266 e. The topological polar surface area (TPSA) is 67.6 Å². The maximum absolute atomic E-state index is 13.4. The average Bonchev–Trinajstić information content (AvgIpc) is 3.27. The first kappa shape index (κ1) is 18.4. The quantitative estimate of drug-likeness (QED) is 0.556. The van der Waals surface area contributed by atoms with Crippen molar-refractivity contribution in [3.63, 3.8) is 0 Å². The first-order valence-corrected chi connectivity index (χ1v) is 11.2. The van der Waals surface area contributed by atoms with Gasteiger partial charge in [0, 0.05) is 11.6 Å². The molecule has 1 amide bonds. The molecule has 9 heteroatoms. The molecule has 1 unspecified atom stereocenters. The van der Waals surface area contributed by atoms with E-state index in [0.717, 1.165) is 11.8 Å². The third kappa shape index (κ3) is 3.71. The summed E-state index contributed by atoms with van der Waals surface area (Å²) in [5.74, 6) is 0.265. The molecular weight excluding hydrogens is 409 g/mol. The Morgan fingerprint density at radius 1 is 1.30 bits per heavy atom. The number of carbonyl (C=O) groups is 1. The van der Waals surface area contributed by atoms with Crippen LogP contribution in [0, 0.1) is 5.82 Å². The summed E-state index contributed by atoms with van der Waals surface area (Å²) in [6, 6.07) is 9.01. The van der Waals surface area contributed by atoms with Gasteiger partial charge in [-0.25, -0.2) is 12.8 Å². The highest BCUT2D eigenvalue weighted by Crippen LogP contribution is 2.36. The molecule has 2 aromatic rings. The van der Waals surface area contributed by atoms with Crippen LogP contribution in [0.4, 0.5) is 4.39 Å². The maximum Gasteiger partial charge on any atom is 0.266 e. The molecule has 140 valence electrons. The lowest BCUT2D eigenvalue weighted by Gasteiger charge is -2.20. The van der Waals surface area contributed by atoms with Crippen molar-refractivity contribution in [1.29, 1.82) is 0 Å². The van der Waals surface area contributed by atoms with Gasteiger partial charge in [-0.2, -0.15) is 0 Å². The molecule has 2 fully saturated rings. The summed E-state index contributed by atoms with van der Waals surface area (Å²) in [7, 11) is -3.12. The first-order valence-electron chi connectivity index (χ1n) is 8.16. The van der Waals surface area contributed by atoms with E-state index in [4.69, 9.17) is 16.6 Å². The van der Waals surface area contributed by atoms with Crippen molar-refractivity contribution in [3.8, 4) is 11.3 Å². The van der Waals surface area contributed by atoms with E-state index in [1.54, 1.807) is 30.3 Å². The van der Waals surface area contributed by atoms with Crippen molar-refractivity contribution in [1.82, 2.24) is 4.90 Å². The Kier molecular flexibility index (Phi) is 4.69. The lowest BCUT2D eigenvalue weighted by molar-refractivity contribution is -0.123. The molecule has 0 saturated carbocycles. The minimum atomic E-state index is -3.12. The number of hydrogen-bond acceptors (Lipinski definition) is 6. The average molecular weight is 424 g/mol. The van der Waals surface area contributed by atoms with Gasteiger partial charge in [0.25, 0.3) is 5.91 Å². The summed E-state index contributed by atoms with van der Waals surface area (Å²) in [4.78, 5) is 14.5. The number of carbonyl (C=O) groups excluding carboxylic acids is 1. The number of thiocarbonyl (C=S) groups is 1.